The Hall–Kier alpha value is -2.88. The van der Waals surface area contributed by atoms with Gasteiger partial charge in [0.2, 0.25) is 15.9 Å². The van der Waals surface area contributed by atoms with Gasteiger partial charge in [-0.05, 0) is 37.6 Å². The highest BCUT2D eigenvalue weighted by atomic mass is 32.2. The number of carbonyl (C=O) groups is 1. The average Bonchev–Trinajstić information content (AvgIpc) is 2.63. The summed E-state index contributed by atoms with van der Waals surface area (Å²) in [5.41, 5.74) is 1.40. The molecule has 0 spiro atoms. The molecule has 0 bridgehead atoms. The third kappa shape index (κ3) is 4.16. The SMILES string of the molecule is CCS(=O)(=O)Nc1nc2c(cc1Cc1ccc(F)cc1)N(C(=O)O)[C@@H](C)CO2. The minimum Gasteiger partial charge on any atom is -0.474 e. The number of benzene rings is 1. The van der Waals surface area contributed by atoms with Gasteiger partial charge in [-0.2, -0.15) is 4.98 Å². The van der Waals surface area contributed by atoms with E-state index in [1.54, 1.807) is 25.1 Å². The van der Waals surface area contributed by atoms with E-state index in [4.69, 9.17) is 4.74 Å². The quantitative estimate of drug-likeness (QED) is 0.786. The van der Waals surface area contributed by atoms with Crippen molar-refractivity contribution in [1.29, 1.82) is 0 Å². The Morgan fingerprint density at radius 3 is 2.68 bits per heavy atom. The molecule has 1 atom stereocenters. The molecule has 0 aliphatic carbocycles. The summed E-state index contributed by atoms with van der Waals surface area (Å²) in [7, 11) is -3.62. The Morgan fingerprint density at radius 1 is 1.39 bits per heavy atom. The Bertz CT molecular complexity index is 995. The molecule has 0 saturated heterocycles. The van der Waals surface area contributed by atoms with Gasteiger partial charge in [-0.25, -0.2) is 17.6 Å². The largest absolute Gasteiger partial charge is 0.474 e. The van der Waals surface area contributed by atoms with E-state index in [-0.39, 0.29) is 36.2 Å². The summed E-state index contributed by atoms with van der Waals surface area (Å²) in [6, 6.07) is 6.85. The highest BCUT2D eigenvalue weighted by molar-refractivity contribution is 7.92. The highest BCUT2D eigenvalue weighted by Crippen LogP contribution is 2.36. The third-order valence-corrected chi connectivity index (χ3v) is 5.62. The van der Waals surface area contributed by atoms with Crippen LogP contribution in [-0.4, -0.2) is 43.0 Å². The van der Waals surface area contributed by atoms with Crippen LogP contribution in [0.25, 0.3) is 0 Å². The van der Waals surface area contributed by atoms with Crippen molar-refractivity contribution in [3.8, 4) is 5.88 Å². The molecule has 1 aliphatic rings. The molecular formula is C18H20FN3O5S. The number of aromatic nitrogens is 1. The van der Waals surface area contributed by atoms with Crippen LogP contribution in [0.15, 0.2) is 30.3 Å². The van der Waals surface area contributed by atoms with E-state index in [1.807, 2.05) is 0 Å². The Morgan fingerprint density at radius 2 is 2.07 bits per heavy atom. The highest BCUT2D eigenvalue weighted by Gasteiger charge is 2.32. The molecule has 10 heteroatoms. The molecule has 0 fully saturated rings. The lowest BCUT2D eigenvalue weighted by molar-refractivity contribution is 0.188. The van der Waals surface area contributed by atoms with Crippen molar-refractivity contribution in [2.24, 2.45) is 0 Å². The van der Waals surface area contributed by atoms with Crippen molar-refractivity contribution in [3.63, 3.8) is 0 Å². The van der Waals surface area contributed by atoms with Crippen molar-refractivity contribution in [2.45, 2.75) is 26.3 Å². The van der Waals surface area contributed by atoms with E-state index < -0.39 is 28.0 Å². The second-order valence-electron chi connectivity index (χ2n) is 6.44. The van der Waals surface area contributed by atoms with Gasteiger partial charge in [-0.3, -0.25) is 9.62 Å². The maximum atomic E-state index is 13.2. The van der Waals surface area contributed by atoms with Gasteiger partial charge in [0.25, 0.3) is 0 Å². The molecule has 1 amide bonds. The van der Waals surface area contributed by atoms with Gasteiger partial charge in [0, 0.05) is 12.0 Å². The van der Waals surface area contributed by atoms with Crippen LogP contribution in [0.1, 0.15) is 25.0 Å². The van der Waals surface area contributed by atoms with Crippen LogP contribution in [0.3, 0.4) is 0 Å². The molecule has 1 aromatic heterocycles. The van der Waals surface area contributed by atoms with E-state index in [0.717, 1.165) is 4.90 Å². The summed E-state index contributed by atoms with van der Waals surface area (Å²) >= 11 is 0. The number of sulfonamides is 1. The summed E-state index contributed by atoms with van der Waals surface area (Å²) in [6.45, 7) is 3.29. The number of fused-ring (bicyclic) bond motifs is 1. The van der Waals surface area contributed by atoms with Gasteiger partial charge in [0.05, 0.1) is 11.8 Å². The maximum absolute atomic E-state index is 13.2. The predicted molar refractivity (Wildman–Crippen MR) is 102 cm³/mol. The molecule has 0 radical (unpaired) electrons. The van der Waals surface area contributed by atoms with Gasteiger partial charge in [-0.15, -0.1) is 0 Å². The van der Waals surface area contributed by atoms with Gasteiger partial charge in [0.1, 0.15) is 23.9 Å². The second kappa shape index (κ2) is 7.63. The van der Waals surface area contributed by atoms with E-state index >= 15 is 0 Å². The first-order chi connectivity index (χ1) is 13.2. The van der Waals surface area contributed by atoms with Gasteiger partial charge in [0.15, 0.2) is 0 Å². The lowest BCUT2D eigenvalue weighted by Crippen LogP contribution is -2.44. The monoisotopic (exact) mass is 409 g/mol. The molecule has 2 aromatic rings. The van der Waals surface area contributed by atoms with Crippen molar-refractivity contribution >= 4 is 27.6 Å². The standard InChI is InChI=1S/C18H20FN3O5S/c1-3-28(25,26)21-16-13(8-12-4-6-14(19)7-5-12)9-15-17(20-16)27-10-11(2)22(15)18(23)24/h4-7,9,11H,3,8,10H2,1-2H3,(H,20,21)(H,23,24)/t11-/m0/s1. The molecule has 150 valence electrons. The molecule has 3 rings (SSSR count). The number of rotatable bonds is 5. The Kier molecular flexibility index (Phi) is 5.41. The fourth-order valence-electron chi connectivity index (χ4n) is 2.87. The number of amides is 1. The number of nitrogens with one attached hydrogen (secondary N) is 1. The van der Waals surface area contributed by atoms with Crippen LogP contribution in [-0.2, 0) is 16.4 Å². The van der Waals surface area contributed by atoms with Crippen LogP contribution >= 0.6 is 0 Å². The number of hydrogen-bond donors (Lipinski definition) is 2. The van der Waals surface area contributed by atoms with E-state index in [2.05, 4.69) is 9.71 Å². The Balaban J connectivity index is 2.10. The van der Waals surface area contributed by atoms with Crippen LogP contribution < -0.4 is 14.4 Å². The first kappa shape index (κ1) is 19.9. The van der Waals surface area contributed by atoms with E-state index in [9.17, 15) is 22.7 Å². The second-order valence-corrected chi connectivity index (χ2v) is 8.45. The molecule has 8 nitrogen and oxygen atoms in total. The van der Waals surface area contributed by atoms with Crippen LogP contribution in [0.5, 0.6) is 5.88 Å². The zero-order valence-corrected chi connectivity index (χ0v) is 16.2. The minimum atomic E-state index is -3.62. The topological polar surface area (TPSA) is 109 Å². The van der Waals surface area contributed by atoms with Crippen LogP contribution in [0.2, 0.25) is 0 Å². The number of ether oxygens (including phenoxy) is 1. The van der Waals surface area contributed by atoms with Gasteiger partial charge >= 0.3 is 6.09 Å². The summed E-state index contributed by atoms with van der Waals surface area (Å²) in [5.74, 6) is -0.443. The average molecular weight is 409 g/mol. The maximum Gasteiger partial charge on any atom is 0.412 e. The van der Waals surface area contributed by atoms with Crippen molar-refractivity contribution in [2.75, 3.05) is 22.0 Å². The number of nitrogens with zero attached hydrogens (tertiary/aromatic N) is 2. The van der Waals surface area contributed by atoms with E-state index in [1.165, 1.54) is 19.1 Å². The fraction of sp³-hybridized carbons (Fsp3) is 0.333. The van der Waals surface area contributed by atoms with Crippen LogP contribution in [0.4, 0.5) is 20.7 Å². The molecule has 1 aliphatic heterocycles. The lowest BCUT2D eigenvalue weighted by Gasteiger charge is -2.33. The number of anilines is 2. The van der Waals surface area contributed by atoms with E-state index in [0.29, 0.717) is 11.1 Å². The summed E-state index contributed by atoms with van der Waals surface area (Å²) in [6.07, 6.45) is -0.933. The molecule has 1 aromatic carbocycles. The van der Waals surface area contributed by atoms with Crippen molar-refractivity contribution in [1.82, 2.24) is 4.98 Å². The van der Waals surface area contributed by atoms with Crippen LogP contribution in [0, 0.1) is 5.82 Å². The number of hydrogen-bond acceptors (Lipinski definition) is 5. The van der Waals surface area contributed by atoms with Crippen molar-refractivity contribution < 1.29 is 27.4 Å². The third-order valence-electron chi connectivity index (χ3n) is 4.36. The van der Waals surface area contributed by atoms with Gasteiger partial charge < -0.3 is 9.84 Å². The Labute approximate surface area is 162 Å². The molecule has 2 heterocycles. The number of pyridine rings is 1. The first-order valence-electron chi connectivity index (χ1n) is 8.64. The fourth-order valence-corrected chi connectivity index (χ4v) is 3.49. The van der Waals surface area contributed by atoms with Gasteiger partial charge in [-0.1, -0.05) is 12.1 Å². The summed E-state index contributed by atoms with van der Waals surface area (Å²) in [5, 5.41) is 9.55. The number of halogens is 1. The molecule has 0 unspecified atom stereocenters. The number of carboxylic acid groups (broad SMARTS) is 1. The predicted octanol–water partition coefficient (Wildman–Crippen LogP) is 2.84. The molecule has 2 N–H and O–H groups in total. The zero-order chi connectivity index (χ0) is 20.5. The first-order valence-corrected chi connectivity index (χ1v) is 10.3. The smallest absolute Gasteiger partial charge is 0.412 e. The normalized spacial score (nSPS) is 16.2. The lowest BCUT2D eigenvalue weighted by atomic mass is 10.0. The molecule has 28 heavy (non-hydrogen) atoms. The zero-order valence-electron chi connectivity index (χ0n) is 15.3. The molecular weight excluding hydrogens is 389 g/mol. The summed E-state index contributed by atoms with van der Waals surface area (Å²) < 4.78 is 45.3. The minimum absolute atomic E-state index is 0.0390. The molecule has 0 saturated carbocycles. The summed E-state index contributed by atoms with van der Waals surface area (Å²) in [4.78, 5) is 17.1. The van der Waals surface area contributed by atoms with Crippen molar-refractivity contribution in [3.05, 3.63) is 47.3 Å².